The van der Waals surface area contributed by atoms with Crippen LogP contribution >= 0.6 is 0 Å². The molecule has 0 aromatic rings. The number of allylic oxidation sites excluding steroid dienone is 1. The van der Waals surface area contributed by atoms with Crippen molar-refractivity contribution in [1.29, 1.82) is 0 Å². The van der Waals surface area contributed by atoms with E-state index in [0.717, 1.165) is 32.5 Å². The van der Waals surface area contributed by atoms with E-state index in [0.29, 0.717) is 24.7 Å². The minimum Gasteiger partial charge on any atom is -0.304 e. The lowest BCUT2D eigenvalue weighted by Gasteiger charge is -2.37. The number of Topliss-reactive ketones (excluding diaryl/α,β-unsaturated/α-hetero) is 1. The second-order valence-electron chi connectivity index (χ2n) is 4.82. The van der Waals surface area contributed by atoms with Gasteiger partial charge in [0.1, 0.15) is 5.78 Å². The molecule has 0 saturated carbocycles. The number of hydrogen-bond donors (Lipinski definition) is 0. The molecule has 1 aliphatic heterocycles. The van der Waals surface area contributed by atoms with Gasteiger partial charge in [-0.05, 0) is 26.9 Å². The van der Waals surface area contributed by atoms with E-state index in [-0.39, 0.29) is 0 Å². The third kappa shape index (κ3) is 4.45. The molecule has 1 atom stereocenters. The van der Waals surface area contributed by atoms with Gasteiger partial charge < -0.3 is 9.80 Å². The summed E-state index contributed by atoms with van der Waals surface area (Å²) in [5.74, 6) is 0.397. The second-order valence-corrected chi connectivity index (χ2v) is 4.82. The van der Waals surface area contributed by atoms with E-state index >= 15 is 0 Å². The van der Waals surface area contributed by atoms with Crippen LogP contribution in [0.15, 0.2) is 12.7 Å². The molecule has 1 aliphatic rings. The van der Waals surface area contributed by atoms with Gasteiger partial charge in [-0.25, -0.2) is 0 Å². The number of nitrogens with zero attached hydrogens (tertiary/aromatic N) is 2. The Morgan fingerprint density at radius 3 is 2.88 bits per heavy atom. The van der Waals surface area contributed by atoms with E-state index in [2.05, 4.69) is 30.5 Å². The van der Waals surface area contributed by atoms with Crippen LogP contribution in [0.2, 0.25) is 0 Å². The third-order valence-corrected chi connectivity index (χ3v) is 3.31. The maximum Gasteiger partial charge on any atom is 0.134 e. The molecule has 1 unspecified atom stereocenters. The van der Waals surface area contributed by atoms with Gasteiger partial charge in [-0.3, -0.25) is 4.79 Å². The highest BCUT2D eigenvalue weighted by Crippen LogP contribution is 2.12. The first-order chi connectivity index (χ1) is 7.63. The Labute approximate surface area is 99.1 Å². The number of rotatable bonds is 6. The van der Waals surface area contributed by atoms with Crippen LogP contribution in [-0.4, -0.2) is 55.4 Å². The first kappa shape index (κ1) is 13.4. The monoisotopic (exact) mass is 224 g/mol. The van der Waals surface area contributed by atoms with Crippen LogP contribution in [0, 0.1) is 0 Å². The summed E-state index contributed by atoms with van der Waals surface area (Å²) in [5.41, 5.74) is 0. The molecule has 0 aliphatic carbocycles. The van der Waals surface area contributed by atoms with Crippen molar-refractivity contribution in [2.45, 2.75) is 31.7 Å². The fourth-order valence-electron chi connectivity index (χ4n) is 2.13. The topological polar surface area (TPSA) is 23.6 Å². The van der Waals surface area contributed by atoms with Gasteiger partial charge in [-0.1, -0.05) is 6.08 Å². The maximum absolute atomic E-state index is 11.8. The number of likely N-dealkylation sites (N-methyl/N-ethyl adjacent to an activating group) is 2. The molecule has 1 fully saturated rings. The lowest BCUT2D eigenvalue weighted by Crippen LogP contribution is -2.50. The Morgan fingerprint density at radius 2 is 2.19 bits per heavy atom. The van der Waals surface area contributed by atoms with Gasteiger partial charge in [0.15, 0.2) is 0 Å². The van der Waals surface area contributed by atoms with E-state index in [1.165, 1.54) is 0 Å². The summed E-state index contributed by atoms with van der Waals surface area (Å²) in [6, 6.07) is 0.412. The second kappa shape index (κ2) is 6.81. The summed E-state index contributed by atoms with van der Waals surface area (Å²) < 4.78 is 0. The van der Waals surface area contributed by atoms with Crippen LogP contribution in [0.25, 0.3) is 0 Å². The molecular formula is C13H24N2O. The van der Waals surface area contributed by atoms with E-state index in [4.69, 9.17) is 0 Å². The van der Waals surface area contributed by atoms with E-state index in [9.17, 15) is 4.79 Å². The molecule has 3 heteroatoms. The fraction of sp³-hybridized carbons (Fsp3) is 0.769. The van der Waals surface area contributed by atoms with Crippen LogP contribution < -0.4 is 0 Å². The van der Waals surface area contributed by atoms with Crippen LogP contribution in [0.1, 0.15) is 25.7 Å². The highest BCUT2D eigenvalue weighted by molar-refractivity contribution is 5.79. The summed E-state index contributed by atoms with van der Waals surface area (Å²) in [4.78, 5) is 16.4. The van der Waals surface area contributed by atoms with Gasteiger partial charge in [-0.15, -0.1) is 6.58 Å². The molecule has 1 heterocycles. The highest BCUT2D eigenvalue weighted by Gasteiger charge is 2.23. The van der Waals surface area contributed by atoms with Crippen molar-refractivity contribution >= 4 is 5.78 Å². The molecule has 16 heavy (non-hydrogen) atoms. The average molecular weight is 224 g/mol. The zero-order chi connectivity index (χ0) is 12.0. The van der Waals surface area contributed by atoms with Crippen molar-refractivity contribution in [3.63, 3.8) is 0 Å². The molecule has 92 valence electrons. The molecule has 0 spiro atoms. The van der Waals surface area contributed by atoms with Crippen LogP contribution in [-0.2, 0) is 4.79 Å². The van der Waals surface area contributed by atoms with Gasteiger partial charge in [0.05, 0.1) is 0 Å². The molecule has 0 aromatic carbocycles. The van der Waals surface area contributed by atoms with E-state index in [1.54, 1.807) is 0 Å². The molecular weight excluding hydrogens is 200 g/mol. The van der Waals surface area contributed by atoms with Crippen molar-refractivity contribution in [2.75, 3.05) is 33.7 Å². The minimum absolute atomic E-state index is 0.397. The molecule has 1 rings (SSSR count). The number of carbonyl (C=O) groups excluding carboxylic acids is 1. The summed E-state index contributed by atoms with van der Waals surface area (Å²) in [5, 5.41) is 0. The maximum atomic E-state index is 11.8. The quantitative estimate of drug-likeness (QED) is 0.505. The van der Waals surface area contributed by atoms with Crippen molar-refractivity contribution in [3.05, 3.63) is 12.7 Å². The fourth-order valence-corrected chi connectivity index (χ4v) is 2.13. The third-order valence-electron chi connectivity index (χ3n) is 3.31. The summed E-state index contributed by atoms with van der Waals surface area (Å²) in [7, 11) is 4.25. The summed E-state index contributed by atoms with van der Waals surface area (Å²) >= 11 is 0. The van der Waals surface area contributed by atoms with Crippen LogP contribution in [0.4, 0.5) is 0 Å². The molecule has 0 bridgehead atoms. The van der Waals surface area contributed by atoms with Crippen molar-refractivity contribution in [3.8, 4) is 0 Å². The molecule has 0 N–H and O–H groups in total. The van der Waals surface area contributed by atoms with Crippen molar-refractivity contribution < 1.29 is 4.79 Å². The molecule has 0 aromatic heterocycles. The standard InChI is InChI=1S/C13H24N2O/c1-4-5-6-7-13(16)10-12-11-14(2)8-9-15(12)3/h4,12H,1,5-11H2,2-3H3. The van der Waals surface area contributed by atoms with E-state index < -0.39 is 0 Å². The summed E-state index contributed by atoms with van der Waals surface area (Å²) in [6.07, 6.45) is 5.20. The largest absolute Gasteiger partial charge is 0.304 e. The SMILES string of the molecule is C=CCCCC(=O)CC1CN(C)CCN1C. The van der Waals surface area contributed by atoms with Gasteiger partial charge in [0.25, 0.3) is 0 Å². The summed E-state index contributed by atoms with van der Waals surface area (Å²) in [6.45, 7) is 6.87. The van der Waals surface area contributed by atoms with Gasteiger partial charge >= 0.3 is 0 Å². The Balaban J connectivity index is 2.28. The normalized spacial score (nSPS) is 23.2. The first-order valence-electron chi connectivity index (χ1n) is 6.15. The Kier molecular flexibility index (Phi) is 5.71. The molecule has 3 nitrogen and oxygen atoms in total. The Hall–Kier alpha value is -0.670. The number of unbranched alkanes of at least 4 members (excludes halogenated alkanes) is 1. The number of ketones is 1. The zero-order valence-electron chi connectivity index (χ0n) is 10.6. The average Bonchev–Trinajstić information content (AvgIpc) is 2.24. The lowest BCUT2D eigenvalue weighted by molar-refractivity contribution is -0.120. The molecule has 0 amide bonds. The minimum atomic E-state index is 0.397. The van der Waals surface area contributed by atoms with Gasteiger partial charge in [-0.2, -0.15) is 0 Å². The zero-order valence-corrected chi connectivity index (χ0v) is 10.6. The van der Waals surface area contributed by atoms with Crippen molar-refractivity contribution in [1.82, 2.24) is 9.80 Å². The molecule has 1 saturated heterocycles. The Bertz CT molecular complexity index is 240. The predicted molar refractivity (Wildman–Crippen MR) is 67.6 cm³/mol. The number of carbonyl (C=O) groups is 1. The van der Waals surface area contributed by atoms with Crippen molar-refractivity contribution in [2.24, 2.45) is 0 Å². The highest BCUT2D eigenvalue weighted by atomic mass is 16.1. The van der Waals surface area contributed by atoms with E-state index in [1.807, 2.05) is 6.08 Å². The first-order valence-corrected chi connectivity index (χ1v) is 6.15. The Morgan fingerprint density at radius 1 is 1.44 bits per heavy atom. The molecule has 0 radical (unpaired) electrons. The van der Waals surface area contributed by atoms with Gasteiger partial charge in [0, 0.05) is 38.5 Å². The van der Waals surface area contributed by atoms with Crippen LogP contribution in [0.5, 0.6) is 0 Å². The smallest absolute Gasteiger partial charge is 0.134 e. The van der Waals surface area contributed by atoms with Gasteiger partial charge in [0.2, 0.25) is 0 Å². The number of piperazine rings is 1. The van der Waals surface area contributed by atoms with Crippen LogP contribution in [0.3, 0.4) is 0 Å². The predicted octanol–water partition coefficient (Wildman–Crippen LogP) is 1.55. The number of hydrogen-bond acceptors (Lipinski definition) is 3. The lowest BCUT2D eigenvalue weighted by atomic mass is 10.0.